The largest absolute Gasteiger partial charge is 0.374 e. The predicted octanol–water partition coefficient (Wildman–Crippen LogP) is 3.19. The highest BCUT2D eigenvalue weighted by molar-refractivity contribution is 5.87. The molecule has 1 aromatic carbocycles. The second-order valence-electron chi connectivity index (χ2n) is 5.12. The number of amides is 1. The molecule has 3 heteroatoms. The number of benzene rings is 1. The Bertz CT molecular complexity index is 429. The molecule has 19 heavy (non-hydrogen) atoms. The molecule has 0 aliphatic rings. The molecular formula is C16H23NO2. The van der Waals surface area contributed by atoms with Gasteiger partial charge in [0.15, 0.2) is 0 Å². The Kier molecular flexibility index (Phi) is 6.30. The van der Waals surface area contributed by atoms with Gasteiger partial charge in [-0.15, -0.1) is 0 Å². The molecule has 0 spiro atoms. The predicted molar refractivity (Wildman–Crippen MR) is 77.6 cm³/mol. The molecule has 0 aliphatic carbocycles. The third-order valence-electron chi connectivity index (χ3n) is 2.49. The molecule has 0 unspecified atom stereocenters. The van der Waals surface area contributed by atoms with E-state index in [0.29, 0.717) is 13.2 Å². The van der Waals surface area contributed by atoms with Crippen molar-refractivity contribution in [2.24, 2.45) is 0 Å². The summed E-state index contributed by atoms with van der Waals surface area (Å²) in [5.41, 5.74) is 3.23. The first-order chi connectivity index (χ1) is 8.97. The molecule has 0 saturated heterocycles. The average Bonchev–Trinajstić information content (AvgIpc) is 2.34. The minimum absolute atomic E-state index is 0.0489. The first-order valence-electron chi connectivity index (χ1n) is 6.59. The number of allylic oxidation sites excluding steroid dienone is 1. The van der Waals surface area contributed by atoms with Gasteiger partial charge in [-0.25, -0.2) is 0 Å². The molecule has 1 aromatic rings. The van der Waals surface area contributed by atoms with Crippen LogP contribution in [0.3, 0.4) is 0 Å². The third kappa shape index (κ3) is 6.77. The minimum atomic E-state index is -0.0489. The normalized spacial score (nSPS) is 10.4. The summed E-state index contributed by atoms with van der Waals surface area (Å²) in [5.74, 6) is -0.0489. The van der Waals surface area contributed by atoms with Crippen LogP contribution in [-0.4, -0.2) is 12.0 Å². The highest BCUT2D eigenvalue weighted by Gasteiger charge is 1.99. The molecule has 104 valence electrons. The van der Waals surface area contributed by atoms with Crippen molar-refractivity contribution < 1.29 is 9.53 Å². The van der Waals surface area contributed by atoms with Crippen LogP contribution in [0.1, 0.15) is 38.8 Å². The van der Waals surface area contributed by atoms with Gasteiger partial charge in [-0.2, -0.15) is 0 Å². The average molecular weight is 261 g/mol. The lowest BCUT2D eigenvalue weighted by atomic mass is 10.1. The maximum Gasteiger partial charge on any atom is 0.244 e. The summed E-state index contributed by atoms with van der Waals surface area (Å²) in [5, 5.41) is 2.85. The van der Waals surface area contributed by atoms with E-state index < -0.39 is 0 Å². The zero-order valence-corrected chi connectivity index (χ0v) is 12.2. The van der Waals surface area contributed by atoms with Gasteiger partial charge in [0, 0.05) is 12.6 Å². The molecule has 0 saturated carbocycles. The Hall–Kier alpha value is -1.61. The van der Waals surface area contributed by atoms with Crippen LogP contribution in [0.2, 0.25) is 0 Å². The van der Waals surface area contributed by atoms with E-state index in [1.54, 1.807) is 6.08 Å². The molecule has 1 N–H and O–H groups in total. The zero-order valence-electron chi connectivity index (χ0n) is 12.2. The molecule has 0 aromatic heterocycles. The molecule has 0 bridgehead atoms. The Morgan fingerprint density at radius 3 is 2.32 bits per heavy atom. The maximum absolute atomic E-state index is 11.5. The number of ether oxygens (including phenoxy) is 1. The first-order valence-corrected chi connectivity index (χ1v) is 6.59. The van der Waals surface area contributed by atoms with Crippen molar-refractivity contribution in [3.05, 3.63) is 47.0 Å². The lowest BCUT2D eigenvalue weighted by Crippen LogP contribution is -2.20. The van der Waals surface area contributed by atoms with E-state index in [9.17, 15) is 4.79 Å². The van der Waals surface area contributed by atoms with Gasteiger partial charge >= 0.3 is 0 Å². The summed E-state index contributed by atoms with van der Waals surface area (Å²) in [7, 11) is 0. The second kappa shape index (κ2) is 7.74. The van der Waals surface area contributed by atoms with E-state index in [0.717, 1.165) is 16.7 Å². The van der Waals surface area contributed by atoms with Crippen LogP contribution in [0.5, 0.6) is 0 Å². The maximum atomic E-state index is 11.5. The zero-order chi connectivity index (χ0) is 14.3. The third-order valence-corrected chi connectivity index (χ3v) is 2.49. The highest BCUT2D eigenvalue weighted by Crippen LogP contribution is 2.07. The van der Waals surface area contributed by atoms with Gasteiger partial charge in [-0.1, -0.05) is 29.8 Å². The fraction of sp³-hybridized carbons (Fsp3) is 0.438. The molecule has 0 fully saturated rings. The first kappa shape index (κ1) is 15.4. The molecule has 3 nitrogen and oxygen atoms in total. The number of carbonyl (C=O) groups is 1. The number of hydrogen-bond donors (Lipinski definition) is 1. The summed E-state index contributed by atoms with van der Waals surface area (Å²) >= 11 is 0. The van der Waals surface area contributed by atoms with E-state index >= 15 is 0 Å². The minimum Gasteiger partial charge on any atom is -0.374 e. The molecular weight excluding hydrogens is 238 g/mol. The summed E-state index contributed by atoms with van der Waals surface area (Å²) in [6.45, 7) is 9.03. The Morgan fingerprint density at radius 2 is 1.79 bits per heavy atom. The number of hydrogen-bond acceptors (Lipinski definition) is 2. The molecule has 1 amide bonds. The fourth-order valence-electron chi connectivity index (χ4n) is 1.52. The highest BCUT2D eigenvalue weighted by atomic mass is 16.5. The lowest BCUT2D eigenvalue weighted by molar-refractivity contribution is -0.116. The molecule has 1 rings (SSSR count). The van der Waals surface area contributed by atoms with Gasteiger partial charge in [0.25, 0.3) is 0 Å². The van der Waals surface area contributed by atoms with Gasteiger partial charge in [-0.05, 0) is 38.8 Å². The van der Waals surface area contributed by atoms with Crippen LogP contribution >= 0.6 is 0 Å². The van der Waals surface area contributed by atoms with Crippen LogP contribution < -0.4 is 5.32 Å². The Balaban J connectivity index is 2.44. The SMILES string of the molecule is CC(C)=CC(=O)NCc1ccc(COC(C)C)cc1. The van der Waals surface area contributed by atoms with Crippen LogP contribution in [-0.2, 0) is 22.7 Å². The lowest BCUT2D eigenvalue weighted by Gasteiger charge is -2.08. The summed E-state index contributed by atoms with van der Waals surface area (Å²) < 4.78 is 5.53. The van der Waals surface area contributed by atoms with E-state index in [1.165, 1.54) is 0 Å². The van der Waals surface area contributed by atoms with Gasteiger partial charge < -0.3 is 10.1 Å². The standard InChI is InChI=1S/C16H23NO2/c1-12(2)9-16(18)17-10-14-5-7-15(8-6-14)11-19-13(3)4/h5-9,13H,10-11H2,1-4H3,(H,17,18). The number of nitrogens with one attached hydrogen (secondary N) is 1. The van der Waals surface area contributed by atoms with Crippen molar-refractivity contribution >= 4 is 5.91 Å². The van der Waals surface area contributed by atoms with E-state index in [4.69, 9.17) is 4.74 Å². The smallest absolute Gasteiger partial charge is 0.244 e. The quantitative estimate of drug-likeness (QED) is 0.799. The second-order valence-corrected chi connectivity index (χ2v) is 5.12. The van der Waals surface area contributed by atoms with Crippen molar-refractivity contribution in [3.8, 4) is 0 Å². The Morgan fingerprint density at radius 1 is 1.21 bits per heavy atom. The van der Waals surface area contributed by atoms with Crippen LogP contribution in [0.25, 0.3) is 0 Å². The molecule has 0 heterocycles. The van der Waals surface area contributed by atoms with Crippen molar-refractivity contribution in [3.63, 3.8) is 0 Å². The van der Waals surface area contributed by atoms with E-state index in [-0.39, 0.29) is 12.0 Å². The molecule has 0 aliphatic heterocycles. The van der Waals surface area contributed by atoms with Crippen LogP contribution in [0.4, 0.5) is 0 Å². The van der Waals surface area contributed by atoms with Gasteiger partial charge in [0.1, 0.15) is 0 Å². The van der Waals surface area contributed by atoms with Crippen molar-refractivity contribution in [2.75, 3.05) is 0 Å². The summed E-state index contributed by atoms with van der Waals surface area (Å²) in [4.78, 5) is 11.5. The van der Waals surface area contributed by atoms with Gasteiger partial charge in [-0.3, -0.25) is 4.79 Å². The van der Waals surface area contributed by atoms with Crippen molar-refractivity contribution in [2.45, 2.75) is 47.0 Å². The van der Waals surface area contributed by atoms with E-state index in [2.05, 4.69) is 5.32 Å². The number of carbonyl (C=O) groups excluding carboxylic acids is 1. The van der Waals surface area contributed by atoms with Crippen molar-refractivity contribution in [1.29, 1.82) is 0 Å². The van der Waals surface area contributed by atoms with Crippen molar-refractivity contribution in [1.82, 2.24) is 5.32 Å². The number of rotatable bonds is 6. The summed E-state index contributed by atoms with van der Waals surface area (Å²) in [6, 6.07) is 8.10. The molecule has 0 atom stereocenters. The topological polar surface area (TPSA) is 38.3 Å². The fourth-order valence-corrected chi connectivity index (χ4v) is 1.52. The monoisotopic (exact) mass is 261 g/mol. The Labute approximate surface area is 115 Å². The summed E-state index contributed by atoms with van der Waals surface area (Å²) in [6.07, 6.45) is 1.84. The van der Waals surface area contributed by atoms with Gasteiger partial charge in [0.05, 0.1) is 12.7 Å². The molecule has 0 radical (unpaired) electrons. The van der Waals surface area contributed by atoms with E-state index in [1.807, 2.05) is 52.0 Å². The van der Waals surface area contributed by atoms with Gasteiger partial charge in [0.2, 0.25) is 5.91 Å². The van der Waals surface area contributed by atoms with Crippen LogP contribution in [0, 0.1) is 0 Å². The van der Waals surface area contributed by atoms with Crippen LogP contribution in [0.15, 0.2) is 35.9 Å².